The summed E-state index contributed by atoms with van der Waals surface area (Å²) in [6.07, 6.45) is 0.753. The number of hydrogen-bond donors (Lipinski definition) is 3. The normalized spacial score (nSPS) is 18.0. The van der Waals surface area contributed by atoms with Crippen LogP contribution in [-0.2, 0) is 9.59 Å². The third-order valence-corrected chi connectivity index (χ3v) is 8.93. The van der Waals surface area contributed by atoms with Gasteiger partial charge in [-0.15, -0.1) is 10.2 Å². The van der Waals surface area contributed by atoms with Crippen molar-refractivity contribution < 1.29 is 23.9 Å². The fraction of sp³-hybridized carbons (Fsp3) is 0.241. The third-order valence-electron chi connectivity index (χ3n) is 6.89. The van der Waals surface area contributed by atoms with E-state index in [-0.39, 0.29) is 46.2 Å². The lowest BCUT2D eigenvalue weighted by Crippen LogP contribution is -2.42. The lowest BCUT2D eigenvalue weighted by atomic mass is 9.69. The second-order valence-electron chi connectivity index (χ2n) is 10.6. The van der Waals surface area contributed by atoms with Gasteiger partial charge in [-0.3, -0.25) is 14.5 Å². The van der Waals surface area contributed by atoms with Crippen molar-refractivity contribution >= 4 is 51.6 Å². The van der Waals surface area contributed by atoms with Crippen molar-refractivity contribution in [3.05, 3.63) is 88.1 Å². The number of carbonyl (C=O) groups excluding carboxylic acids is 2. The zero-order chi connectivity index (χ0) is 30.2. The summed E-state index contributed by atoms with van der Waals surface area (Å²) in [6.45, 7) is 3.96. The van der Waals surface area contributed by atoms with Gasteiger partial charge >= 0.3 is 5.97 Å². The third kappa shape index (κ3) is 5.77. The van der Waals surface area contributed by atoms with Gasteiger partial charge in [-0.25, -0.2) is 9.18 Å². The van der Waals surface area contributed by atoms with Crippen LogP contribution in [-0.4, -0.2) is 38.7 Å². The van der Waals surface area contributed by atoms with Gasteiger partial charge in [0, 0.05) is 23.4 Å². The van der Waals surface area contributed by atoms with Crippen molar-refractivity contribution in [1.29, 1.82) is 5.26 Å². The largest absolute Gasteiger partial charge is 0.478 e. The first-order valence-corrected chi connectivity index (χ1v) is 14.6. The Morgan fingerprint density at radius 2 is 1.98 bits per heavy atom. The number of halogens is 1. The van der Waals surface area contributed by atoms with Crippen molar-refractivity contribution in [2.45, 2.75) is 36.9 Å². The van der Waals surface area contributed by atoms with Crippen LogP contribution >= 0.6 is 23.1 Å². The molecule has 42 heavy (non-hydrogen) atoms. The van der Waals surface area contributed by atoms with E-state index >= 15 is 0 Å². The zero-order valence-corrected chi connectivity index (χ0v) is 24.2. The Hall–Kier alpha value is -4.54. The maximum Gasteiger partial charge on any atom is 0.335 e. The van der Waals surface area contributed by atoms with Gasteiger partial charge in [-0.05, 0) is 47.7 Å². The molecule has 1 atom stereocenters. The van der Waals surface area contributed by atoms with Crippen LogP contribution in [0.5, 0.6) is 0 Å². The van der Waals surface area contributed by atoms with Crippen LogP contribution in [0.25, 0.3) is 0 Å². The second kappa shape index (κ2) is 11.4. The maximum atomic E-state index is 13.7. The van der Waals surface area contributed by atoms with Gasteiger partial charge in [0.15, 0.2) is 10.1 Å². The van der Waals surface area contributed by atoms with Gasteiger partial charge in [0.2, 0.25) is 11.0 Å². The number of hydrogen-bond acceptors (Lipinski definition) is 10. The number of Topliss-reactive ketones (excluding diaryl/α,β-unsaturated/α-hetero) is 1. The number of ketones is 1. The van der Waals surface area contributed by atoms with E-state index in [0.717, 1.165) is 23.1 Å². The van der Waals surface area contributed by atoms with Gasteiger partial charge in [0.25, 0.3) is 0 Å². The SMILES string of the molecule is CC1(C)CC(=O)C2=C(C1)N(c1nnc(SCC(=O)Nc3cccc(C(=O)O)c3)s1)C(N)=C(C#N)C2c1ccc(F)cc1. The number of carbonyl (C=O) groups is 3. The van der Waals surface area contributed by atoms with Crippen LogP contribution in [0.3, 0.4) is 0 Å². The number of rotatable bonds is 7. The number of aromatic nitrogens is 2. The molecule has 0 saturated heterocycles. The van der Waals surface area contributed by atoms with Crippen molar-refractivity contribution in [3.8, 4) is 6.07 Å². The number of nitrogens with one attached hydrogen (secondary N) is 1. The number of benzene rings is 2. The molecule has 4 N–H and O–H groups in total. The number of thioether (sulfide) groups is 1. The highest BCUT2D eigenvalue weighted by molar-refractivity contribution is 8.01. The molecule has 2 aliphatic rings. The fourth-order valence-corrected chi connectivity index (χ4v) is 6.80. The van der Waals surface area contributed by atoms with E-state index in [1.54, 1.807) is 23.1 Å². The molecule has 3 aromatic rings. The van der Waals surface area contributed by atoms with Crippen LogP contribution in [0, 0.1) is 22.6 Å². The summed E-state index contributed by atoms with van der Waals surface area (Å²) in [5.74, 6) is -2.67. The Bertz CT molecular complexity index is 1710. The minimum atomic E-state index is -1.10. The number of carboxylic acid groups (broad SMARTS) is 1. The molecule has 214 valence electrons. The average Bonchev–Trinajstić information content (AvgIpc) is 3.39. The Labute approximate surface area is 248 Å². The van der Waals surface area contributed by atoms with Crippen molar-refractivity contribution in [2.24, 2.45) is 11.1 Å². The highest BCUT2D eigenvalue weighted by atomic mass is 32.2. The molecule has 2 heterocycles. The number of amides is 1. The first-order valence-electron chi connectivity index (χ1n) is 12.8. The van der Waals surface area contributed by atoms with Crippen LogP contribution in [0.1, 0.15) is 48.5 Å². The fourth-order valence-electron chi connectivity index (χ4n) is 5.12. The predicted molar refractivity (Wildman–Crippen MR) is 156 cm³/mol. The Kier molecular flexibility index (Phi) is 7.85. The number of nitriles is 1. The van der Waals surface area contributed by atoms with E-state index in [2.05, 4.69) is 21.6 Å². The predicted octanol–water partition coefficient (Wildman–Crippen LogP) is 5.05. The van der Waals surface area contributed by atoms with Gasteiger partial charge < -0.3 is 16.2 Å². The Morgan fingerprint density at radius 3 is 2.67 bits per heavy atom. The van der Waals surface area contributed by atoms with E-state index in [9.17, 15) is 24.0 Å². The van der Waals surface area contributed by atoms with Crippen molar-refractivity contribution in [3.63, 3.8) is 0 Å². The van der Waals surface area contributed by atoms with Crippen LogP contribution in [0.2, 0.25) is 0 Å². The Balaban J connectivity index is 1.43. The van der Waals surface area contributed by atoms with Crippen LogP contribution < -0.4 is 16.0 Å². The summed E-state index contributed by atoms with van der Waals surface area (Å²) in [5.41, 5.74) is 8.42. The molecule has 0 saturated carbocycles. The quantitative estimate of drug-likeness (QED) is 0.311. The highest BCUT2D eigenvalue weighted by Gasteiger charge is 2.45. The molecule has 1 amide bonds. The molecule has 13 heteroatoms. The van der Waals surface area contributed by atoms with E-state index < -0.39 is 17.7 Å². The topological polar surface area (TPSA) is 162 Å². The lowest BCUT2D eigenvalue weighted by molar-refractivity contribution is -0.118. The second-order valence-corrected chi connectivity index (χ2v) is 12.8. The molecular formula is C29H25FN6O4S2. The molecule has 5 rings (SSSR count). The average molecular weight is 605 g/mol. The molecule has 0 radical (unpaired) electrons. The molecule has 1 aromatic heterocycles. The number of nitrogens with zero attached hydrogens (tertiary/aromatic N) is 4. The highest BCUT2D eigenvalue weighted by Crippen LogP contribution is 2.50. The van der Waals surface area contributed by atoms with Gasteiger partial charge in [0.05, 0.1) is 28.9 Å². The molecule has 1 aliphatic carbocycles. The molecule has 1 unspecified atom stereocenters. The number of nitrogens with two attached hydrogens (primary N) is 1. The van der Waals surface area contributed by atoms with Crippen LogP contribution in [0.15, 0.2) is 75.5 Å². The monoisotopic (exact) mass is 604 g/mol. The minimum Gasteiger partial charge on any atom is -0.478 e. The summed E-state index contributed by atoms with van der Waals surface area (Å²) in [7, 11) is 0. The van der Waals surface area contributed by atoms with Gasteiger partial charge in [0.1, 0.15) is 11.6 Å². The molecule has 10 nitrogen and oxygen atoms in total. The number of carboxylic acids is 1. The van der Waals surface area contributed by atoms with Crippen molar-refractivity contribution in [1.82, 2.24) is 10.2 Å². The standard InChI is InChI=1S/C29H25FN6O4S2/c1-29(2)11-20-24(21(37)12-29)23(15-6-8-17(30)9-7-15)19(13-31)25(32)36(20)27-34-35-28(42-27)41-14-22(38)33-18-5-3-4-16(10-18)26(39)40/h3-10,23H,11-12,14,32H2,1-2H3,(H,33,38)(H,39,40). The summed E-state index contributed by atoms with van der Waals surface area (Å²) < 4.78 is 14.2. The molecule has 0 spiro atoms. The smallest absolute Gasteiger partial charge is 0.335 e. The van der Waals surface area contributed by atoms with Gasteiger partial charge in [-0.2, -0.15) is 5.26 Å². The summed E-state index contributed by atoms with van der Waals surface area (Å²) in [6, 6.07) is 13.8. The van der Waals surface area contributed by atoms with E-state index in [4.69, 9.17) is 10.8 Å². The zero-order valence-electron chi connectivity index (χ0n) is 22.6. The summed E-state index contributed by atoms with van der Waals surface area (Å²) in [5, 5.41) is 30.8. The number of allylic oxidation sites excluding steroid dienone is 3. The Morgan fingerprint density at radius 1 is 1.24 bits per heavy atom. The summed E-state index contributed by atoms with van der Waals surface area (Å²) >= 11 is 2.29. The van der Waals surface area contributed by atoms with E-state index in [1.165, 1.54) is 30.3 Å². The molecular weight excluding hydrogens is 579 g/mol. The first-order chi connectivity index (χ1) is 20.0. The molecule has 0 bridgehead atoms. The van der Waals surface area contributed by atoms with Crippen molar-refractivity contribution in [2.75, 3.05) is 16.0 Å². The molecule has 2 aromatic carbocycles. The maximum absolute atomic E-state index is 13.7. The molecule has 0 fully saturated rings. The minimum absolute atomic E-state index is 0.0210. The molecule has 1 aliphatic heterocycles. The van der Waals surface area contributed by atoms with Crippen LogP contribution in [0.4, 0.5) is 15.2 Å². The number of aromatic carboxylic acids is 1. The van der Waals surface area contributed by atoms with E-state index in [0.29, 0.717) is 38.4 Å². The van der Waals surface area contributed by atoms with Gasteiger partial charge in [-0.1, -0.05) is 55.1 Å². The number of anilines is 2. The summed E-state index contributed by atoms with van der Waals surface area (Å²) in [4.78, 5) is 38.9. The first kappa shape index (κ1) is 29.0. The van der Waals surface area contributed by atoms with E-state index in [1.807, 2.05) is 13.8 Å². The lowest BCUT2D eigenvalue weighted by Gasteiger charge is -2.42.